The Morgan fingerprint density at radius 2 is 2.30 bits per heavy atom. The van der Waals surface area contributed by atoms with Gasteiger partial charge in [0, 0.05) is 6.61 Å². The first kappa shape index (κ1) is 6.62. The summed E-state index contributed by atoms with van der Waals surface area (Å²) in [6.45, 7) is 2.78. The Morgan fingerprint density at radius 3 is 2.80 bits per heavy atom. The van der Waals surface area contributed by atoms with Crippen molar-refractivity contribution < 1.29 is 4.74 Å². The minimum atomic E-state index is 0.549. The Bertz CT molecular complexity index is 131. The van der Waals surface area contributed by atoms with Crippen LogP contribution in [0.25, 0.3) is 0 Å². The van der Waals surface area contributed by atoms with E-state index < -0.39 is 0 Å². The summed E-state index contributed by atoms with van der Waals surface area (Å²) in [5, 5.41) is 0. The van der Waals surface area contributed by atoms with Crippen molar-refractivity contribution in [1.82, 2.24) is 0 Å². The molecule has 0 aromatic carbocycles. The van der Waals surface area contributed by atoms with Crippen LogP contribution in [-0.4, -0.2) is 19.8 Å². The van der Waals surface area contributed by atoms with Crippen molar-refractivity contribution in [2.45, 2.75) is 19.3 Å². The maximum Gasteiger partial charge on any atom is 0.0525 e. The molecule has 1 saturated carbocycles. The third-order valence-electron chi connectivity index (χ3n) is 3.04. The molecule has 0 aromatic rings. The summed E-state index contributed by atoms with van der Waals surface area (Å²) >= 11 is 0. The average molecular weight is 141 g/mol. The van der Waals surface area contributed by atoms with Crippen molar-refractivity contribution in [3.63, 3.8) is 0 Å². The Morgan fingerprint density at radius 1 is 1.50 bits per heavy atom. The molecule has 2 rings (SSSR count). The van der Waals surface area contributed by atoms with E-state index in [0.29, 0.717) is 5.41 Å². The first-order chi connectivity index (χ1) is 4.87. The van der Waals surface area contributed by atoms with E-state index in [-0.39, 0.29) is 0 Å². The number of ether oxygens (including phenoxy) is 1. The summed E-state index contributed by atoms with van der Waals surface area (Å²) in [6.07, 6.45) is 3.90. The lowest BCUT2D eigenvalue weighted by atomic mass is 9.85. The Balaban J connectivity index is 2.01. The fourth-order valence-electron chi connectivity index (χ4n) is 2.01. The highest BCUT2D eigenvalue weighted by atomic mass is 16.5. The molecule has 1 atom stereocenters. The Labute approximate surface area is 61.7 Å². The van der Waals surface area contributed by atoms with Gasteiger partial charge in [0.2, 0.25) is 0 Å². The number of rotatable bonds is 1. The second-order valence-corrected chi connectivity index (χ2v) is 3.64. The SMILES string of the molecule is NC[C@H]1CCOCC12CC2. The van der Waals surface area contributed by atoms with Gasteiger partial charge in [0.15, 0.2) is 0 Å². The molecule has 1 spiro atoms. The molecule has 1 aliphatic heterocycles. The normalized spacial score (nSPS) is 36.3. The molecule has 0 radical (unpaired) electrons. The van der Waals surface area contributed by atoms with Crippen LogP contribution in [0.15, 0.2) is 0 Å². The lowest BCUT2D eigenvalue weighted by Crippen LogP contribution is -2.34. The highest BCUT2D eigenvalue weighted by Crippen LogP contribution is 2.54. The minimum Gasteiger partial charge on any atom is -0.381 e. The van der Waals surface area contributed by atoms with Crippen LogP contribution in [0.5, 0.6) is 0 Å². The van der Waals surface area contributed by atoms with Gasteiger partial charge in [-0.1, -0.05) is 0 Å². The van der Waals surface area contributed by atoms with Crippen molar-refractivity contribution in [2.75, 3.05) is 19.8 Å². The smallest absolute Gasteiger partial charge is 0.0525 e. The first-order valence-electron chi connectivity index (χ1n) is 4.15. The van der Waals surface area contributed by atoms with Gasteiger partial charge in [0.1, 0.15) is 0 Å². The lowest BCUT2D eigenvalue weighted by Gasteiger charge is -2.30. The van der Waals surface area contributed by atoms with Gasteiger partial charge in [-0.2, -0.15) is 0 Å². The average Bonchev–Trinajstić information content (AvgIpc) is 2.71. The molecule has 2 aliphatic rings. The first-order valence-corrected chi connectivity index (χ1v) is 4.15. The van der Waals surface area contributed by atoms with Crippen LogP contribution in [0.2, 0.25) is 0 Å². The summed E-state index contributed by atoms with van der Waals surface area (Å²) in [4.78, 5) is 0. The molecule has 1 heterocycles. The molecular formula is C8H15NO. The van der Waals surface area contributed by atoms with Crippen LogP contribution >= 0.6 is 0 Å². The molecule has 2 N–H and O–H groups in total. The molecule has 10 heavy (non-hydrogen) atoms. The number of nitrogens with two attached hydrogens (primary N) is 1. The molecule has 2 heteroatoms. The van der Waals surface area contributed by atoms with E-state index in [4.69, 9.17) is 10.5 Å². The maximum atomic E-state index is 5.66. The van der Waals surface area contributed by atoms with Gasteiger partial charge in [-0.05, 0) is 37.1 Å². The molecule has 0 bridgehead atoms. The van der Waals surface area contributed by atoms with Crippen molar-refractivity contribution in [1.29, 1.82) is 0 Å². The van der Waals surface area contributed by atoms with E-state index in [1.165, 1.54) is 19.3 Å². The number of hydrogen-bond donors (Lipinski definition) is 1. The van der Waals surface area contributed by atoms with Crippen molar-refractivity contribution in [3.8, 4) is 0 Å². The molecule has 1 saturated heterocycles. The second kappa shape index (κ2) is 2.21. The zero-order valence-corrected chi connectivity index (χ0v) is 6.31. The minimum absolute atomic E-state index is 0.549. The molecule has 0 unspecified atom stereocenters. The van der Waals surface area contributed by atoms with Gasteiger partial charge in [0.05, 0.1) is 6.61 Å². The quantitative estimate of drug-likeness (QED) is 0.585. The van der Waals surface area contributed by atoms with E-state index in [2.05, 4.69) is 0 Å². The number of hydrogen-bond acceptors (Lipinski definition) is 2. The molecular weight excluding hydrogens is 126 g/mol. The van der Waals surface area contributed by atoms with E-state index in [1.807, 2.05) is 0 Å². The van der Waals surface area contributed by atoms with Crippen molar-refractivity contribution in [2.24, 2.45) is 17.1 Å². The Hall–Kier alpha value is -0.0800. The van der Waals surface area contributed by atoms with Gasteiger partial charge >= 0.3 is 0 Å². The second-order valence-electron chi connectivity index (χ2n) is 3.64. The van der Waals surface area contributed by atoms with Gasteiger partial charge in [-0.25, -0.2) is 0 Å². The molecule has 2 nitrogen and oxygen atoms in total. The monoisotopic (exact) mass is 141 g/mol. The molecule has 0 aromatic heterocycles. The topological polar surface area (TPSA) is 35.2 Å². The standard InChI is InChI=1S/C8H15NO/c9-5-7-1-4-10-6-8(7)2-3-8/h7H,1-6,9H2/t7-/m1/s1. The predicted molar refractivity (Wildman–Crippen MR) is 39.6 cm³/mol. The van der Waals surface area contributed by atoms with Crippen LogP contribution in [0.1, 0.15) is 19.3 Å². The summed E-state index contributed by atoms with van der Waals surface area (Å²) in [6, 6.07) is 0. The van der Waals surface area contributed by atoms with E-state index >= 15 is 0 Å². The molecule has 2 fully saturated rings. The van der Waals surface area contributed by atoms with E-state index in [1.54, 1.807) is 0 Å². The summed E-state index contributed by atoms with van der Waals surface area (Å²) in [7, 11) is 0. The zero-order chi connectivity index (χ0) is 7.03. The van der Waals surface area contributed by atoms with Crippen LogP contribution in [0, 0.1) is 11.3 Å². The van der Waals surface area contributed by atoms with Crippen molar-refractivity contribution in [3.05, 3.63) is 0 Å². The van der Waals surface area contributed by atoms with Crippen LogP contribution in [0.4, 0.5) is 0 Å². The predicted octanol–water partition coefficient (Wildman–Crippen LogP) is 0.762. The third kappa shape index (κ3) is 0.867. The van der Waals surface area contributed by atoms with Crippen molar-refractivity contribution >= 4 is 0 Å². The van der Waals surface area contributed by atoms with Crippen LogP contribution in [-0.2, 0) is 4.74 Å². The summed E-state index contributed by atoms with van der Waals surface area (Å²) in [5.41, 5.74) is 6.21. The maximum absolute atomic E-state index is 5.66. The van der Waals surface area contributed by atoms with Gasteiger partial charge in [-0.15, -0.1) is 0 Å². The van der Waals surface area contributed by atoms with E-state index in [9.17, 15) is 0 Å². The van der Waals surface area contributed by atoms with Gasteiger partial charge in [-0.3, -0.25) is 0 Å². The van der Waals surface area contributed by atoms with Crippen LogP contribution < -0.4 is 5.73 Å². The summed E-state index contributed by atoms with van der Waals surface area (Å²) < 4.78 is 5.42. The summed E-state index contributed by atoms with van der Waals surface area (Å²) in [5.74, 6) is 0.765. The molecule has 0 amide bonds. The highest BCUT2D eigenvalue weighted by molar-refractivity contribution is 5.00. The zero-order valence-electron chi connectivity index (χ0n) is 6.31. The molecule has 1 aliphatic carbocycles. The molecule has 58 valence electrons. The lowest BCUT2D eigenvalue weighted by molar-refractivity contribution is 0.00627. The fraction of sp³-hybridized carbons (Fsp3) is 1.00. The van der Waals surface area contributed by atoms with Gasteiger partial charge in [0.25, 0.3) is 0 Å². The van der Waals surface area contributed by atoms with Crippen LogP contribution in [0.3, 0.4) is 0 Å². The largest absolute Gasteiger partial charge is 0.381 e. The van der Waals surface area contributed by atoms with Gasteiger partial charge < -0.3 is 10.5 Å². The highest BCUT2D eigenvalue weighted by Gasteiger charge is 2.50. The van der Waals surface area contributed by atoms with E-state index in [0.717, 1.165) is 25.7 Å². The Kier molecular flexibility index (Phi) is 1.46. The fourth-order valence-corrected chi connectivity index (χ4v) is 2.01. The third-order valence-corrected chi connectivity index (χ3v) is 3.04.